The maximum absolute atomic E-state index is 12.5. The Bertz CT molecular complexity index is 1280. The number of rotatable bonds is 5. The zero-order chi connectivity index (χ0) is 21.1. The van der Waals surface area contributed by atoms with Gasteiger partial charge in [-0.15, -0.1) is 22.7 Å². The number of carbonyl (C=O) groups is 2. The van der Waals surface area contributed by atoms with E-state index in [4.69, 9.17) is 11.6 Å². The second-order valence-electron chi connectivity index (χ2n) is 6.42. The third-order valence-electron chi connectivity index (χ3n) is 4.39. The summed E-state index contributed by atoms with van der Waals surface area (Å²) < 4.78 is 1.62. The molecule has 0 aliphatic carbocycles. The lowest BCUT2D eigenvalue weighted by Crippen LogP contribution is -2.19. The minimum absolute atomic E-state index is 0.226. The zero-order valence-electron chi connectivity index (χ0n) is 15.8. The fourth-order valence-corrected chi connectivity index (χ4v) is 4.74. The number of benzene rings is 2. The van der Waals surface area contributed by atoms with E-state index >= 15 is 0 Å². The van der Waals surface area contributed by atoms with Crippen molar-refractivity contribution in [3.05, 3.63) is 86.4 Å². The highest BCUT2D eigenvalue weighted by Gasteiger charge is 2.12. The highest BCUT2D eigenvalue weighted by molar-refractivity contribution is 7.18. The van der Waals surface area contributed by atoms with Crippen LogP contribution in [0.15, 0.2) is 71.1 Å². The third kappa shape index (κ3) is 4.43. The lowest BCUT2D eigenvalue weighted by atomic mass is 10.1. The molecule has 0 aliphatic heterocycles. The van der Waals surface area contributed by atoms with Crippen molar-refractivity contribution in [3.8, 4) is 0 Å². The molecule has 2 aromatic carbocycles. The molecule has 2 heterocycles. The molecule has 30 heavy (non-hydrogen) atoms. The van der Waals surface area contributed by atoms with Gasteiger partial charge < -0.3 is 5.32 Å². The molecule has 4 rings (SSSR count). The SMILES string of the molecule is C/C(=N/NC(=O)c1csc2ccccc12)c1cccc(NC(=O)c2ccc(Cl)s2)c1. The molecule has 2 amide bonds. The van der Waals surface area contributed by atoms with Gasteiger partial charge in [0.2, 0.25) is 0 Å². The molecule has 0 saturated heterocycles. The van der Waals surface area contributed by atoms with E-state index in [2.05, 4.69) is 15.8 Å². The summed E-state index contributed by atoms with van der Waals surface area (Å²) in [6, 6.07) is 18.4. The van der Waals surface area contributed by atoms with Gasteiger partial charge in [0.15, 0.2) is 0 Å². The molecule has 0 atom stereocenters. The summed E-state index contributed by atoms with van der Waals surface area (Å²) in [6.07, 6.45) is 0. The minimum Gasteiger partial charge on any atom is -0.321 e. The Morgan fingerprint density at radius 2 is 1.83 bits per heavy atom. The molecule has 4 aromatic rings. The average molecular weight is 454 g/mol. The Hall–Kier alpha value is -3.00. The first-order chi connectivity index (χ1) is 14.5. The fourth-order valence-electron chi connectivity index (χ4n) is 2.86. The Morgan fingerprint density at radius 3 is 2.63 bits per heavy atom. The number of hydrazone groups is 1. The van der Waals surface area contributed by atoms with Crippen LogP contribution in [0.5, 0.6) is 0 Å². The molecule has 150 valence electrons. The molecule has 0 radical (unpaired) electrons. The number of hydrogen-bond acceptors (Lipinski definition) is 5. The monoisotopic (exact) mass is 453 g/mol. The molecular formula is C22H16ClN3O2S2. The molecule has 0 aliphatic rings. The zero-order valence-corrected chi connectivity index (χ0v) is 18.2. The molecule has 0 fully saturated rings. The van der Waals surface area contributed by atoms with E-state index in [0.717, 1.165) is 15.6 Å². The second-order valence-corrected chi connectivity index (χ2v) is 9.05. The maximum atomic E-state index is 12.5. The molecule has 2 N–H and O–H groups in total. The van der Waals surface area contributed by atoms with Gasteiger partial charge in [0.05, 0.1) is 20.5 Å². The Kier molecular flexibility index (Phi) is 5.94. The van der Waals surface area contributed by atoms with Gasteiger partial charge in [-0.3, -0.25) is 9.59 Å². The topological polar surface area (TPSA) is 70.6 Å². The normalized spacial score (nSPS) is 11.5. The average Bonchev–Trinajstić information content (AvgIpc) is 3.38. The van der Waals surface area contributed by atoms with Crippen LogP contribution in [0.1, 0.15) is 32.5 Å². The highest BCUT2D eigenvalue weighted by atomic mass is 35.5. The van der Waals surface area contributed by atoms with Gasteiger partial charge >= 0.3 is 0 Å². The number of fused-ring (bicyclic) bond motifs is 1. The van der Waals surface area contributed by atoms with Crippen molar-refractivity contribution in [1.29, 1.82) is 0 Å². The van der Waals surface area contributed by atoms with Crippen molar-refractivity contribution < 1.29 is 9.59 Å². The number of anilines is 1. The fraction of sp³-hybridized carbons (Fsp3) is 0.0455. The molecule has 0 saturated carbocycles. The summed E-state index contributed by atoms with van der Waals surface area (Å²) >= 11 is 8.64. The number of thiophene rings is 2. The van der Waals surface area contributed by atoms with Crippen molar-refractivity contribution in [2.75, 3.05) is 5.32 Å². The summed E-state index contributed by atoms with van der Waals surface area (Å²) in [5.74, 6) is -0.484. The minimum atomic E-state index is -0.258. The maximum Gasteiger partial charge on any atom is 0.272 e. The van der Waals surface area contributed by atoms with Crippen LogP contribution in [0.25, 0.3) is 10.1 Å². The Balaban J connectivity index is 1.47. The van der Waals surface area contributed by atoms with Crippen molar-refractivity contribution in [2.45, 2.75) is 6.92 Å². The van der Waals surface area contributed by atoms with E-state index < -0.39 is 0 Å². The van der Waals surface area contributed by atoms with Gasteiger partial charge in [-0.2, -0.15) is 5.10 Å². The van der Waals surface area contributed by atoms with E-state index in [1.165, 1.54) is 22.7 Å². The van der Waals surface area contributed by atoms with E-state index in [9.17, 15) is 9.59 Å². The summed E-state index contributed by atoms with van der Waals surface area (Å²) in [7, 11) is 0. The van der Waals surface area contributed by atoms with Crippen LogP contribution < -0.4 is 10.7 Å². The summed E-state index contributed by atoms with van der Waals surface area (Å²) in [4.78, 5) is 25.4. The van der Waals surface area contributed by atoms with E-state index in [1.54, 1.807) is 31.2 Å². The molecule has 2 aromatic heterocycles. The largest absolute Gasteiger partial charge is 0.321 e. The number of nitrogens with one attached hydrogen (secondary N) is 2. The van der Waals surface area contributed by atoms with Crippen LogP contribution >= 0.6 is 34.3 Å². The van der Waals surface area contributed by atoms with Crippen molar-refractivity contribution >= 4 is 67.6 Å². The lowest BCUT2D eigenvalue weighted by Gasteiger charge is -2.07. The number of hydrogen-bond donors (Lipinski definition) is 2. The molecule has 0 bridgehead atoms. The van der Waals surface area contributed by atoms with Gasteiger partial charge in [0.1, 0.15) is 0 Å². The summed E-state index contributed by atoms with van der Waals surface area (Å²) in [6.45, 7) is 1.80. The first-order valence-electron chi connectivity index (χ1n) is 8.99. The third-order valence-corrected chi connectivity index (χ3v) is 6.58. The number of halogens is 1. The number of nitrogens with zero attached hydrogens (tertiary/aromatic N) is 1. The first-order valence-corrected chi connectivity index (χ1v) is 11.1. The van der Waals surface area contributed by atoms with Crippen molar-refractivity contribution in [1.82, 2.24) is 5.43 Å². The summed E-state index contributed by atoms with van der Waals surface area (Å²) in [5, 5.41) is 9.82. The van der Waals surface area contributed by atoms with Crippen LogP contribution in [0, 0.1) is 0 Å². The first kappa shape index (κ1) is 20.3. The van der Waals surface area contributed by atoms with Crippen LogP contribution in [-0.4, -0.2) is 17.5 Å². The van der Waals surface area contributed by atoms with Gasteiger partial charge in [-0.25, -0.2) is 5.43 Å². The van der Waals surface area contributed by atoms with Gasteiger partial charge in [-0.05, 0) is 42.8 Å². The smallest absolute Gasteiger partial charge is 0.272 e. The van der Waals surface area contributed by atoms with Crippen LogP contribution in [0.2, 0.25) is 4.34 Å². The van der Waals surface area contributed by atoms with Gasteiger partial charge in [0, 0.05) is 21.2 Å². The molecule has 0 spiro atoms. The van der Waals surface area contributed by atoms with E-state index in [0.29, 0.717) is 26.2 Å². The number of carbonyl (C=O) groups excluding carboxylic acids is 2. The standard InChI is InChI=1S/C22H16ClN3O2S2/c1-13(25-26-21(27)17-12-29-18-8-3-2-7-16(17)18)14-5-4-6-15(11-14)24-22(28)19-9-10-20(23)30-19/h2-12H,1H3,(H,24,28)(H,26,27)/b25-13-. The lowest BCUT2D eigenvalue weighted by molar-refractivity contribution is 0.0956. The molecule has 8 heteroatoms. The van der Waals surface area contributed by atoms with Crippen LogP contribution in [0.4, 0.5) is 5.69 Å². The van der Waals surface area contributed by atoms with Gasteiger partial charge in [-0.1, -0.05) is 41.9 Å². The highest BCUT2D eigenvalue weighted by Crippen LogP contribution is 2.25. The Morgan fingerprint density at radius 1 is 1.00 bits per heavy atom. The second kappa shape index (κ2) is 8.79. The van der Waals surface area contributed by atoms with E-state index in [1.807, 2.05) is 41.8 Å². The molecule has 5 nitrogen and oxygen atoms in total. The quantitative estimate of drug-likeness (QED) is 0.286. The number of amides is 2. The predicted octanol–water partition coefficient (Wildman–Crippen LogP) is 6.02. The van der Waals surface area contributed by atoms with E-state index in [-0.39, 0.29) is 11.8 Å². The van der Waals surface area contributed by atoms with Crippen molar-refractivity contribution in [3.63, 3.8) is 0 Å². The van der Waals surface area contributed by atoms with Gasteiger partial charge in [0.25, 0.3) is 11.8 Å². The Labute approximate surface area is 186 Å². The predicted molar refractivity (Wildman–Crippen MR) is 125 cm³/mol. The van der Waals surface area contributed by atoms with Crippen LogP contribution in [-0.2, 0) is 0 Å². The van der Waals surface area contributed by atoms with Crippen molar-refractivity contribution in [2.24, 2.45) is 5.10 Å². The molecule has 0 unspecified atom stereocenters. The molecular weight excluding hydrogens is 438 g/mol. The summed E-state index contributed by atoms with van der Waals surface area (Å²) in [5.41, 5.74) is 5.26. The van der Waals surface area contributed by atoms with Crippen LogP contribution in [0.3, 0.4) is 0 Å².